The van der Waals surface area contributed by atoms with Crippen LogP contribution in [0.4, 0.5) is 0 Å². The zero-order valence-corrected chi connectivity index (χ0v) is 22.9. The number of thiophene rings is 1. The molecule has 2 heterocycles. The summed E-state index contributed by atoms with van der Waals surface area (Å²) < 4.78 is 13.0. The molecule has 194 valence electrons. The first-order valence-electron chi connectivity index (χ1n) is 12.1. The fourth-order valence-electron chi connectivity index (χ4n) is 4.05. The van der Waals surface area contributed by atoms with Crippen LogP contribution in [0.2, 0.25) is 0 Å². The molecule has 4 rings (SSSR count). The molecule has 7 nitrogen and oxygen atoms in total. The second-order valence-electron chi connectivity index (χ2n) is 8.71. The summed E-state index contributed by atoms with van der Waals surface area (Å²) in [5.74, 6) is 1.42. The highest BCUT2D eigenvalue weighted by atomic mass is 32.2. The Hall–Kier alpha value is -3.30. The van der Waals surface area contributed by atoms with E-state index in [0.29, 0.717) is 39.8 Å². The first-order chi connectivity index (χ1) is 18.0. The lowest BCUT2D eigenvalue weighted by Gasteiger charge is -2.15. The zero-order valence-electron chi connectivity index (χ0n) is 21.2. The van der Waals surface area contributed by atoms with Crippen molar-refractivity contribution in [2.75, 3.05) is 20.0 Å². The van der Waals surface area contributed by atoms with Crippen LogP contribution in [0.25, 0.3) is 10.2 Å². The van der Waals surface area contributed by atoms with Crippen molar-refractivity contribution in [3.8, 4) is 11.5 Å². The Balaban J connectivity index is 1.42. The van der Waals surface area contributed by atoms with Gasteiger partial charge in [0.1, 0.15) is 4.70 Å². The van der Waals surface area contributed by atoms with Crippen molar-refractivity contribution in [1.82, 2.24) is 14.9 Å². The fourth-order valence-corrected chi connectivity index (χ4v) is 5.67. The van der Waals surface area contributed by atoms with E-state index in [-0.39, 0.29) is 23.3 Å². The van der Waals surface area contributed by atoms with Crippen LogP contribution in [0.3, 0.4) is 0 Å². The highest BCUT2D eigenvalue weighted by Gasteiger charge is 2.16. The minimum Gasteiger partial charge on any atom is -0.493 e. The lowest BCUT2D eigenvalue weighted by atomic mass is 10.1. The van der Waals surface area contributed by atoms with Crippen LogP contribution >= 0.6 is 23.1 Å². The second kappa shape index (κ2) is 12.8. The Kier molecular flexibility index (Phi) is 9.24. The zero-order chi connectivity index (χ0) is 26.2. The molecule has 2 aromatic heterocycles. The van der Waals surface area contributed by atoms with Gasteiger partial charge in [0.05, 0.1) is 25.5 Å². The van der Waals surface area contributed by atoms with E-state index in [2.05, 4.69) is 17.4 Å². The van der Waals surface area contributed by atoms with Crippen LogP contribution in [0, 0.1) is 0 Å². The maximum absolute atomic E-state index is 13.3. The van der Waals surface area contributed by atoms with Crippen molar-refractivity contribution in [2.24, 2.45) is 0 Å². The monoisotopic (exact) mass is 537 g/mol. The lowest BCUT2D eigenvalue weighted by molar-refractivity contribution is -0.119. The van der Waals surface area contributed by atoms with Gasteiger partial charge in [-0.3, -0.25) is 14.2 Å². The van der Waals surface area contributed by atoms with Crippen molar-refractivity contribution in [3.63, 3.8) is 0 Å². The van der Waals surface area contributed by atoms with Crippen molar-refractivity contribution >= 4 is 39.2 Å². The molecule has 1 N–H and O–H groups in total. The van der Waals surface area contributed by atoms with Crippen molar-refractivity contribution in [1.29, 1.82) is 0 Å². The van der Waals surface area contributed by atoms with Gasteiger partial charge in [0.2, 0.25) is 5.91 Å². The number of carbonyl (C=O) groups excluding carboxylic acids is 1. The smallest absolute Gasteiger partial charge is 0.272 e. The molecular formula is C28H31N3O4S2. The molecule has 0 aliphatic heterocycles. The van der Waals surface area contributed by atoms with Gasteiger partial charge < -0.3 is 14.8 Å². The molecule has 1 atom stereocenters. The van der Waals surface area contributed by atoms with Gasteiger partial charge in [0.15, 0.2) is 16.7 Å². The highest BCUT2D eigenvalue weighted by Crippen LogP contribution is 2.28. The molecule has 0 radical (unpaired) electrons. The van der Waals surface area contributed by atoms with E-state index in [1.54, 1.807) is 18.8 Å². The summed E-state index contributed by atoms with van der Waals surface area (Å²) in [6, 6.07) is 17.9. The number of rotatable bonds is 12. The number of benzene rings is 2. The van der Waals surface area contributed by atoms with Crippen LogP contribution < -0.4 is 20.3 Å². The summed E-state index contributed by atoms with van der Waals surface area (Å²) in [6.45, 7) is 2.45. The Morgan fingerprint density at radius 3 is 2.59 bits per heavy atom. The molecule has 0 spiro atoms. The van der Waals surface area contributed by atoms with E-state index < -0.39 is 0 Å². The number of fused-ring (bicyclic) bond motifs is 1. The number of hydrogen-bond acceptors (Lipinski definition) is 7. The predicted molar refractivity (Wildman–Crippen MR) is 150 cm³/mol. The molecular weight excluding hydrogens is 506 g/mol. The number of ether oxygens (including phenoxy) is 2. The quantitative estimate of drug-likeness (QED) is 0.203. The summed E-state index contributed by atoms with van der Waals surface area (Å²) in [5.41, 5.74) is 2.85. The Labute approximate surface area is 224 Å². The topological polar surface area (TPSA) is 82.5 Å². The van der Waals surface area contributed by atoms with E-state index in [9.17, 15) is 9.59 Å². The van der Waals surface area contributed by atoms with E-state index in [0.717, 1.165) is 18.4 Å². The number of aromatic nitrogens is 2. The standard InChI is InChI=1S/C28H31N3O4S2/c1-19(9-10-20-7-5-4-6-8-20)29-25(32)18-37-28-30-22-14-16-36-26(22)27(33)31(28)15-13-21-11-12-23(34-2)24(17-21)35-3/h4-8,11-12,14,16-17,19H,9-10,13,15,18H2,1-3H3,(H,29,32)/t19-/m1/s1. The number of carbonyl (C=O) groups is 1. The van der Waals surface area contributed by atoms with Crippen molar-refractivity contribution < 1.29 is 14.3 Å². The van der Waals surface area contributed by atoms with Crippen molar-refractivity contribution in [2.45, 2.75) is 43.9 Å². The third-order valence-corrected chi connectivity index (χ3v) is 7.92. The van der Waals surface area contributed by atoms with Crippen LogP contribution in [-0.2, 0) is 24.2 Å². The second-order valence-corrected chi connectivity index (χ2v) is 10.6. The SMILES string of the molecule is COc1ccc(CCn2c(SCC(=O)N[C@H](C)CCc3ccccc3)nc3ccsc3c2=O)cc1OC. The molecule has 0 fully saturated rings. The average Bonchev–Trinajstić information content (AvgIpc) is 3.39. The average molecular weight is 538 g/mol. The Morgan fingerprint density at radius 2 is 1.84 bits per heavy atom. The van der Waals surface area contributed by atoms with Gasteiger partial charge >= 0.3 is 0 Å². The Bertz CT molecular complexity index is 1400. The van der Waals surface area contributed by atoms with Gasteiger partial charge in [-0.25, -0.2) is 4.98 Å². The molecule has 0 aliphatic carbocycles. The van der Waals surface area contributed by atoms with Crippen LogP contribution in [0.5, 0.6) is 11.5 Å². The molecule has 37 heavy (non-hydrogen) atoms. The Morgan fingerprint density at radius 1 is 1.05 bits per heavy atom. The van der Waals surface area contributed by atoms with Gasteiger partial charge in [-0.05, 0) is 60.9 Å². The number of aryl methyl sites for hydroxylation is 2. The maximum atomic E-state index is 13.3. The molecule has 9 heteroatoms. The van der Waals surface area contributed by atoms with Gasteiger partial charge in [-0.2, -0.15) is 0 Å². The molecule has 0 unspecified atom stereocenters. The summed E-state index contributed by atoms with van der Waals surface area (Å²) in [7, 11) is 3.20. The molecule has 0 bridgehead atoms. The number of methoxy groups -OCH3 is 2. The summed E-state index contributed by atoms with van der Waals surface area (Å²) >= 11 is 2.68. The number of nitrogens with one attached hydrogen (secondary N) is 1. The van der Waals surface area contributed by atoms with Crippen molar-refractivity contribution in [3.05, 3.63) is 81.5 Å². The molecule has 0 aliphatic rings. The first kappa shape index (κ1) is 26.8. The largest absolute Gasteiger partial charge is 0.493 e. The van der Waals surface area contributed by atoms with E-state index in [4.69, 9.17) is 14.5 Å². The summed E-state index contributed by atoms with van der Waals surface area (Å²) in [6.07, 6.45) is 2.37. The number of thioether (sulfide) groups is 1. The minimum atomic E-state index is -0.0837. The molecule has 4 aromatic rings. The van der Waals surface area contributed by atoms with E-state index in [1.807, 2.05) is 54.8 Å². The number of nitrogens with zero attached hydrogens (tertiary/aromatic N) is 2. The normalized spacial score (nSPS) is 11.9. The predicted octanol–water partition coefficient (Wildman–Crippen LogP) is 4.95. The third-order valence-electron chi connectivity index (χ3n) is 6.05. The molecule has 0 saturated heterocycles. The van der Waals surface area contributed by atoms with E-state index in [1.165, 1.54) is 28.7 Å². The third kappa shape index (κ3) is 6.93. The summed E-state index contributed by atoms with van der Waals surface area (Å²) in [5, 5.41) is 5.48. The maximum Gasteiger partial charge on any atom is 0.272 e. The van der Waals surface area contributed by atoms with Gasteiger partial charge in [0.25, 0.3) is 5.56 Å². The van der Waals surface area contributed by atoms with E-state index >= 15 is 0 Å². The highest BCUT2D eigenvalue weighted by molar-refractivity contribution is 7.99. The number of hydrogen-bond donors (Lipinski definition) is 1. The van der Waals surface area contributed by atoms with Crippen LogP contribution in [0.1, 0.15) is 24.5 Å². The lowest BCUT2D eigenvalue weighted by Crippen LogP contribution is -2.34. The summed E-state index contributed by atoms with van der Waals surface area (Å²) in [4.78, 5) is 30.7. The first-order valence-corrected chi connectivity index (χ1v) is 14.0. The fraction of sp³-hybridized carbons (Fsp3) is 0.321. The molecule has 2 aromatic carbocycles. The van der Waals surface area contributed by atoms with Crippen LogP contribution in [0.15, 0.2) is 69.9 Å². The van der Waals surface area contributed by atoms with Crippen LogP contribution in [-0.4, -0.2) is 41.5 Å². The van der Waals surface area contributed by atoms with Gasteiger partial charge in [-0.15, -0.1) is 11.3 Å². The van der Waals surface area contributed by atoms with Gasteiger partial charge in [0, 0.05) is 12.6 Å². The minimum absolute atomic E-state index is 0.0489. The molecule has 0 saturated carbocycles. The number of amides is 1. The van der Waals surface area contributed by atoms with Gasteiger partial charge in [-0.1, -0.05) is 48.2 Å². The molecule has 1 amide bonds.